The van der Waals surface area contributed by atoms with E-state index in [2.05, 4.69) is 41.3 Å². The number of halogens is 1. The highest BCUT2D eigenvalue weighted by atomic mass is 35.5. The van der Waals surface area contributed by atoms with Gasteiger partial charge in [-0.1, -0.05) is 41.9 Å². The third kappa shape index (κ3) is 3.22. The highest BCUT2D eigenvalue weighted by molar-refractivity contribution is 6.30. The van der Waals surface area contributed by atoms with E-state index in [4.69, 9.17) is 17.3 Å². The SMILES string of the molecule is CC(N)Cc1ccc(Cl)cc1N1CCc2ccccc2C1. The monoisotopic (exact) mass is 300 g/mol. The summed E-state index contributed by atoms with van der Waals surface area (Å²) in [6.45, 7) is 4.02. The van der Waals surface area contributed by atoms with Crippen molar-refractivity contribution in [1.29, 1.82) is 0 Å². The molecule has 0 aromatic heterocycles. The molecule has 1 unspecified atom stereocenters. The summed E-state index contributed by atoms with van der Waals surface area (Å²) in [4.78, 5) is 2.42. The Labute approximate surface area is 131 Å². The van der Waals surface area contributed by atoms with Crippen LogP contribution in [0, 0.1) is 0 Å². The average molecular weight is 301 g/mol. The molecule has 110 valence electrons. The number of rotatable bonds is 3. The molecule has 1 aliphatic heterocycles. The molecular formula is C18H21ClN2. The first-order valence-corrected chi connectivity index (χ1v) is 7.87. The van der Waals surface area contributed by atoms with Gasteiger partial charge in [0.25, 0.3) is 0 Å². The summed E-state index contributed by atoms with van der Waals surface area (Å²) in [6, 6.07) is 15.0. The molecule has 0 saturated carbocycles. The van der Waals surface area contributed by atoms with E-state index in [0.29, 0.717) is 0 Å². The van der Waals surface area contributed by atoms with Crippen LogP contribution in [0.4, 0.5) is 5.69 Å². The van der Waals surface area contributed by atoms with Crippen LogP contribution in [0.15, 0.2) is 42.5 Å². The third-order valence-electron chi connectivity index (χ3n) is 4.06. The number of hydrogen-bond acceptors (Lipinski definition) is 2. The predicted molar refractivity (Wildman–Crippen MR) is 90.0 cm³/mol. The van der Waals surface area contributed by atoms with Gasteiger partial charge in [0.05, 0.1) is 0 Å². The number of fused-ring (bicyclic) bond motifs is 1. The van der Waals surface area contributed by atoms with Gasteiger partial charge in [-0.3, -0.25) is 0 Å². The Kier molecular flexibility index (Phi) is 4.18. The zero-order valence-corrected chi connectivity index (χ0v) is 13.1. The summed E-state index contributed by atoms with van der Waals surface area (Å²) in [5.41, 5.74) is 11.4. The summed E-state index contributed by atoms with van der Waals surface area (Å²) >= 11 is 6.21. The summed E-state index contributed by atoms with van der Waals surface area (Å²) < 4.78 is 0. The van der Waals surface area contributed by atoms with E-state index in [1.54, 1.807) is 0 Å². The number of hydrogen-bond donors (Lipinski definition) is 1. The summed E-state index contributed by atoms with van der Waals surface area (Å²) in [7, 11) is 0. The molecule has 2 N–H and O–H groups in total. The van der Waals surface area contributed by atoms with E-state index in [1.807, 2.05) is 13.0 Å². The lowest BCUT2D eigenvalue weighted by Gasteiger charge is -2.32. The summed E-state index contributed by atoms with van der Waals surface area (Å²) in [6.07, 6.45) is 1.96. The Morgan fingerprint density at radius 2 is 1.95 bits per heavy atom. The van der Waals surface area contributed by atoms with Crippen molar-refractivity contribution in [2.24, 2.45) is 5.73 Å². The Balaban J connectivity index is 1.92. The van der Waals surface area contributed by atoms with Crippen LogP contribution in [0.5, 0.6) is 0 Å². The van der Waals surface area contributed by atoms with Crippen molar-refractivity contribution in [3.05, 3.63) is 64.2 Å². The number of anilines is 1. The predicted octanol–water partition coefficient (Wildman–Crippen LogP) is 3.79. The lowest BCUT2D eigenvalue weighted by molar-refractivity contribution is 0.706. The Hall–Kier alpha value is -1.51. The highest BCUT2D eigenvalue weighted by Crippen LogP contribution is 2.30. The van der Waals surface area contributed by atoms with Crippen molar-refractivity contribution in [2.45, 2.75) is 32.4 Å². The maximum atomic E-state index is 6.21. The van der Waals surface area contributed by atoms with E-state index in [9.17, 15) is 0 Å². The molecule has 3 heteroatoms. The second kappa shape index (κ2) is 6.08. The normalized spacial score (nSPS) is 15.7. The molecule has 0 radical (unpaired) electrons. The maximum Gasteiger partial charge on any atom is 0.0432 e. The van der Waals surface area contributed by atoms with E-state index < -0.39 is 0 Å². The fourth-order valence-corrected chi connectivity index (χ4v) is 3.22. The fraction of sp³-hybridized carbons (Fsp3) is 0.333. The van der Waals surface area contributed by atoms with Gasteiger partial charge in [0.15, 0.2) is 0 Å². The molecule has 1 aliphatic rings. The van der Waals surface area contributed by atoms with Crippen LogP contribution in [-0.2, 0) is 19.4 Å². The van der Waals surface area contributed by atoms with Gasteiger partial charge in [0.2, 0.25) is 0 Å². The topological polar surface area (TPSA) is 29.3 Å². The molecule has 0 fully saturated rings. The summed E-state index contributed by atoms with van der Waals surface area (Å²) in [5.74, 6) is 0. The lowest BCUT2D eigenvalue weighted by atomic mass is 9.97. The number of benzene rings is 2. The molecule has 0 spiro atoms. The van der Waals surface area contributed by atoms with Crippen LogP contribution < -0.4 is 10.6 Å². The van der Waals surface area contributed by atoms with Gasteiger partial charge < -0.3 is 10.6 Å². The molecule has 0 bridgehead atoms. The van der Waals surface area contributed by atoms with Crippen LogP contribution in [0.1, 0.15) is 23.6 Å². The number of nitrogens with zero attached hydrogens (tertiary/aromatic N) is 1. The van der Waals surface area contributed by atoms with E-state index in [-0.39, 0.29) is 6.04 Å². The average Bonchev–Trinajstić information content (AvgIpc) is 2.48. The van der Waals surface area contributed by atoms with Crippen LogP contribution in [-0.4, -0.2) is 12.6 Å². The molecule has 0 aliphatic carbocycles. The third-order valence-corrected chi connectivity index (χ3v) is 4.30. The van der Waals surface area contributed by atoms with Crippen LogP contribution in [0.25, 0.3) is 0 Å². The maximum absolute atomic E-state index is 6.21. The van der Waals surface area contributed by atoms with Crippen molar-refractivity contribution in [3.63, 3.8) is 0 Å². The van der Waals surface area contributed by atoms with E-state index in [0.717, 1.165) is 31.0 Å². The van der Waals surface area contributed by atoms with Crippen LogP contribution in [0.3, 0.4) is 0 Å². The van der Waals surface area contributed by atoms with Gasteiger partial charge in [-0.05, 0) is 48.6 Å². The molecule has 2 aromatic rings. The van der Waals surface area contributed by atoms with Gasteiger partial charge in [-0.15, -0.1) is 0 Å². The molecule has 1 heterocycles. The Morgan fingerprint density at radius 3 is 2.71 bits per heavy atom. The molecule has 0 saturated heterocycles. The van der Waals surface area contributed by atoms with Gasteiger partial charge in [-0.25, -0.2) is 0 Å². The van der Waals surface area contributed by atoms with Crippen molar-refractivity contribution in [1.82, 2.24) is 0 Å². The largest absolute Gasteiger partial charge is 0.367 e. The minimum absolute atomic E-state index is 0.155. The zero-order chi connectivity index (χ0) is 14.8. The molecule has 21 heavy (non-hydrogen) atoms. The Bertz CT molecular complexity index is 637. The first kappa shape index (κ1) is 14.4. The molecule has 3 rings (SSSR count). The molecular weight excluding hydrogens is 280 g/mol. The standard InChI is InChI=1S/C18H21ClN2/c1-13(20)10-15-6-7-17(19)11-18(15)21-9-8-14-4-2-3-5-16(14)12-21/h2-7,11,13H,8-10,12,20H2,1H3. The fourth-order valence-electron chi connectivity index (χ4n) is 3.05. The van der Waals surface area contributed by atoms with Crippen LogP contribution in [0.2, 0.25) is 5.02 Å². The second-order valence-electron chi connectivity index (χ2n) is 5.89. The molecule has 1 atom stereocenters. The van der Waals surface area contributed by atoms with Crippen molar-refractivity contribution >= 4 is 17.3 Å². The summed E-state index contributed by atoms with van der Waals surface area (Å²) in [5, 5.41) is 0.789. The van der Waals surface area contributed by atoms with Gasteiger partial charge in [0.1, 0.15) is 0 Å². The minimum Gasteiger partial charge on any atom is -0.367 e. The second-order valence-corrected chi connectivity index (χ2v) is 6.33. The van der Waals surface area contributed by atoms with Crippen molar-refractivity contribution < 1.29 is 0 Å². The van der Waals surface area contributed by atoms with Crippen molar-refractivity contribution in [3.8, 4) is 0 Å². The first-order chi connectivity index (χ1) is 10.1. The van der Waals surface area contributed by atoms with Gasteiger partial charge >= 0.3 is 0 Å². The van der Waals surface area contributed by atoms with Gasteiger partial charge in [0, 0.05) is 29.8 Å². The molecule has 2 nitrogen and oxygen atoms in total. The number of nitrogens with two attached hydrogens (primary N) is 1. The zero-order valence-electron chi connectivity index (χ0n) is 12.3. The van der Waals surface area contributed by atoms with E-state index >= 15 is 0 Å². The Morgan fingerprint density at radius 1 is 1.19 bits per heavy atom. The molecule has 0 amide bonds. The van der Waals surface area contributed by atoms with Crippen molar-refractivity contribution in [2.75, 3.05) is 11.4 Å². The quantitative estimate of drug-likeness (QED) is 0.934. The smallest absolute Gasteiger partial charge is 0.0432 e. The highest BCUT2D eigenvalue weighted by Gasteiger charge is 2.19. The van der Waals surface area contributed by atoms with E-state index in [1.165, 1.54) is 22.4 Å². The van der Waals surface area contributed by atoms with Crippen LogP contribution >= 0.6 is 11.6 Å². The first-order valence-electron chi connectivity index (χ1n) is 7.49. The molecule has 2 aromatic carbocycles. The van der Waals surface area contributed by atoms with Gasteiger partial charge in [-0.2, -0.15) is 0 Å². The lowest BCUT2D eigenvalue weighted by Crippen LogP contribution is -2.31. The minimum atomic E-state index is 0.155.